The van der Waals surface area contributed by atoms with Gasteiger partial charge in [0.1, 0.15) is 0 Å². The summed E-state index contributed by atoms with van der Waals surface area (Å²) in [7, 11) is 0. The molecule has 0 saturated heterocycles. The van der Waals surface area contributed by atoms with E-state index in [1.165, 1.54) is 0 Å². The van der Waals surface area contributed by atoms with Crippen LogP contribution in [0.5, 0.6) is 0 Å². The van der Waals surface area contributed by atoms with Crippen molar-refractivity contribution in [2.24, 2.45) is 0 Å². The van der Waals surface area contributed by atoms with Crippen LogP contribution in [0.2, 0.25) is 0 Å². The van der Waals surface area contributed by atoms with Crippen LogP contribution in [-0.4, -0.2) is 27.3 Å². The summed E-state index contributed by atoms with van der Waals surface area (Å²) in [5.41, 5.74) is 2.22. The first-order valence-corrected chi connectivity index (χ1v) is 8.06. The van der Waals surface area contributed by atoms with Crippen molar-refractivity contribution in [2.45, 2.75) is 36.8 Å². The van der Waals surface area contributed by atoms with Crippen LogP contribution >= 0.6 is 25.3 Å². The molecule has 0 saturated carbocycles. The number of hydrogen-bond acceptors (Lipinski definition) is 4. The molecule has 3 atom stereocenters. The predicted molar refractivity (Wildman–Crippen MR) is 95.1 cm³/mol. The number of fused-ring (bicyclic) bond motifs is 1. The highest BCUT2D eigenvalue weighted by atomic mass is 32.1. The number of H-pyrrole nitrogens is 1. The van der Waals surface area contributed by atoms with Gasteiger partial charge in [-0.1, -0.05) is 25.1 Å². The maximum atomic E-state index is 12.5. The lowest BCUT2D eigenvalue weighted by Crippen LogP contribution is -2.43. The fourth-order valence-electron chi connectivity index (χ4n) is 2.41. The molecule has 1 radical (unpaired) electrons. The Bertz CT molecular complexity index is 609. The van der Waals surface area contributed by atoms with Gasteiger partial charge >= 0.3 is 0 Å². The van der Waals surface area contributed by atoms with Crippen molar-refractivity contribution in [3.8, 4) is 0 Å². The van der Waals surface area contributed by atoms with Gasteiger partial charge < -0.3 is 10.3 Å². The lowest BCUT2D eigenvalue weighted by molar-refractivity contribution is -0.120. The first-order chi connectivity index (χ1) is 10.0. The van der Waals surface area contributed by atoms with Gasteiger partial charge in [-0.15, -0.1) is 0 Å². The summed E-state index contributed by atoms with van der Waals surface area (Å²) in [5.74, 6) is 0.0733. The maximum absolute atomic E-state index is 12.5. The van der Waals surface area contributed by atoms with Crippen LogP contribution in [-0.2, 0) is 11.2 Å². The Morgan fingerprint density at radius 3 is 2.76 bits per heavy atom. The number of carbonyl (C=O) groups excluding carboxylic acids is 1. The molecule has 0 bridgehead atoms. The highest BCUT2D eigenvalue weighted by Crippen LogP contribution is 2.21. The van der Waals surface area contributed by atoms with Crippen molar-refractivity contribution < 1.29 is 4.79 Å². The van der Waals surface area contributed by atoms with Gasteiger partial charge in [0.2, 0.25) is 0 Å². The zero-order valence-corrected chi connectivity index (χ0v) is 14.0. The summed E-state index contributed by atoms with van der Waals surface area (Å²) in [4.78, 5) is 15.8. The minimum atomic E-state index is -0.379. The van der Waals surface area contributed by atoms with E-state index in [4.69, 9.17) is 0 Å². The van der Waals surface area contributed by atoms with E-state index in [1.807, 2.05) is 38.2 Å². The molecule has 0 fully saturated rings. The second-order valence-electron chi connectivity index (χ2n) is 5.16. The molecule has 1 heterocycles. The Labute approximate surface area is 136 Å². The minimum absolute atomic E-state index is 0.0733. The largest absolute Gasteiger partial charge is 0.361 e. The number of rotatable bonds is 7. The topological polar surface area (TPSA) is 44.9 Å². The molecule has 0 aliphatic heterocycles. The van der Waals surface area contributed by atoms with E-state index >= 15 is 0 Å². The van der Waals surface area contributed by atoms with Crippen LogP contribution in [0.4, 0.5) is 0 Å². The first kappa shape index (κ1) is 16.5. The number of carbonyl (C=O) groups is 1. The lowest BCUT2D eigenvalue weighted by atomic mass is 9.99. The maximum Gasteiger partial charge on any atom is 0.163 e. The smallest absolute Gasteiger partial charge is 0.163 e. The van der Waals surface area contributed by atoms with Crippen LogP contribution in [0.1, 0.15) is 19.4 Å². The highest BCUT2D eigenvalue weighted by Gasteiger charge is 2.27. The number of aromatic nitrogens is 1. The van der Waals surface area contributed by atoms with Crippen molar-refractivity contribution in [3.05, 3.63) is 42.6 Å². The number of aromatic amines is 1. The van der Waals surface area contributed by atoms with Gasteiger partial charge in [-0.05, 0) is 25.0 Å². The van der Waals surface area contributed by atoms with E-state index in [2.05, 4.69) is 41.6 Å². The van der Waals surface area contributed by atoms with Crippen LogP contribution < -0.4 is 5.32 Å². The number of Topliss-reactive ketones (excluding diaryl/α,β-unsaturated/α-hetero) is 1. The highest BCUT2D eigenvalue weighted by molar-refractivity contribution is 7.85. The van der Waals surface area contributed by atoms with E-state index in [9.17, 15) is 4.79 Å². The molecule has 1 unspecified atom stereocenters. The van der Waals surface area contributed by atoms with E-state index in [1.54, 1.807) is 6.54 Å². The Hall–Kier alpha value is -0.910. The van der Waals surface area contributed by atoms with Gasteiger partial charge in [0.25, 0.3) is 0 Å². The SMILES string of the molecule is C[CH]N[C@@H](Cc1c[nH]c2ccccc12)C(=O)C(S)[C@H](C)S. The third-order valence-corrected chi connectivity index (χ3v) is 4.79. The molecule has 1 aromatic heterocycles. The molecule has 5 heteroatoms. The molecule has 2 aromatic rings. The predicted octanol–water partition coefficient (Wildman–Crippen LogP) is 3.04. The van der Waals surface area contributed by atoms with Crippen molar-refractivity contribution in [1.29, 1.82) is 0 Å². The summed E-state index contributed by atoms with van der Waals surface area (Å²) < 4.78 is 0. The quantitative estimate of drug-likeness (QED) is 0.592. The molecule has 1 aromatic carbocycles. The van der Waals surface area contributed by atoms with Crippen molar-refractivity contribution in [3.63, 3.8) is 0 Å². The number of ketones is 1. The Kier molecular flexibility index (Phi) is 5.79. The number of hydrogen-bond donors (Lipinski definition) is 4. The first-order valence-electron chi connectivity index (χ1n) is 7.03. The van der Waals surface area contributed by atoms with Crippen LogP contribution in [0, 0.1) is 6.54 Å². The molecule has 0 spiro atoms. The van der Waals surface area contributed by atoms with Gasteiger partial charge in [0.15, 0.2) is 5.78 Å². The molecule has 0 amide bonds. The molecule has 0 aliphatic carbocycles. The average Bonchev–Trinajstić information content (AvgIpc) is 2.88. The molecule has 21 heavy (non-hydrogen) atoms. The van der Waals surface area contributed by atoms with E-state index in [0.29, 0.717) is 6.42 Å². The lowest BCUT2D eigenvalue weighted by Gasteiger charge is -2.21. The summed E-state index contributed by atoms with van der Waals surface area (Å²) in [6.45, 7) is 5.57. The molecule has 2 rings (SSSR count). The summed E-state index contributed by atoms with van der Waals surface area (Å²) in [6, 6.07) is 7.82. The number of thiol groups is 2. The zero-order valence-electron chi connectivity index (χ0n) is 12.2. The fourth-order valence-corrected chi connectivity index (χ4v) is 2.73. The molecule has 2 N–H and O–H groups in total. The molecule has 0 aliphatic rings. The Morgan fingerprint density at radius 2 is 2.10 bits per heavy atom. The van der Waals surface area contributed by atoms with E-state index in [0.717, 1.165) is 16.5 Å². The number of para-hydroxylation sites is 1. The normalized spacial score (nSPS) is 15.8. The monoisotopic (exact) mass is 321 g/mol. The number of benzene rings is 1. The Morgan fingerprint density at radius 1 is 1.38 bits per heavy atom. The van der Waals surface area contributed by atoms with E-state index in [-0.39, 0.29) is 22.3 Å². The van der Waals surface area contributed by atoms with Gasteiger partial charge in [-0.2, -0.15) is 25.3 Å². The summed E-state index contributed by atoms with van der Waals surface area (Å²) in [6.07, 6.45) is 2.60. The second kappa shape index (κ2) is 7.38. The van der Waals surface area contributed by atoms with Gasteiger partial charge in [0, 0.05) is 28.9 Å². The third-order valence-electron chi connectivity index (χ3n) is 3.56. The van der Waals surface area contributed by atoms with Crippen LogP contribution in [0.15, 0.2) is 30.5 Å². The van der Waals surface area contributed by atoms with Gasteiger partial charge in [0.05, 0.1) is 11.3 Å². The third kappa shape index (κ3) is 3.84. The minimum Gasteiger partial charge on any atom is -0.361 e. The van der Waals surface area contributed by atoms with Crippen LogP contribution in [0.3, 0.4) is 0 Å². The molecular formula is C16H21N2OS2. The molecule has 113 valence electrons. The van der Waals surface area contributed by atoms with Crippen LogP contribution in [0.25, 0.3) is 10.9 Å². The number of nitrogens with one attached hydrogen (secondary N) is 2. The summed E-state index contributed by atoms with van der Waals surface area (Å²) >= 11 is 8.72. The van der Waals surface area contributed by atoms with Gasteiger partial charge in [-0.25, -0.2) is 0 Å². The van der Waals surface area contributed by atoms with E-state index < -0.39 is 0 Å². The fraction of sp³-hybridized carbons (Fsp3) is 0.375. The Balaban J connectivity index is 2.21. The summed E-state index contributed by atoms with van der Waals surface area (Å²) in [5, 5.41) is 3.85. The van der Waals surface area contributed by atoms with Crippen molar-refractivity contribution >= 4 is 41.9 Å². The standard InChI is InChI=1S/C16H21N2OS2/c1-3-17-14(15(19)16(21)10(2)20)8-11-9-18-13-7-5-4-6-12(11)13/h3-7,9-10,14,16-18,20-21H,8H2,1-2H3/t10-,14-,16?/m0/s1. The van der Waals surface area contributed by atoms with Crippen molar-refractivity contribution in [1.82, 2.24) is 10.3 Å². The van der Waals surface area contributed by atoms with Gasteiger partial charge in [-0.3, -0.25) is 4.79 Å². The van der Waals surface area contributed by atoms with Crippen molar-refractivity contribution in [2.75, 3.05) is 0 Å². The second-order valence-corrected chi connectivity index (χ2v) is 6.53. The molecular weight excluding hydrogens is 300 g/mol. The average molecular weight is 321 g/mol. The zero-order chi connectivity index (χ0) is 15.4. The molecule has 3 nitrogen and oxygen atoms in total.